The van der Waals surface area contributed by atoms with Gasteiger partial charge in [0.25, 0.3) is 11.5 Å². The van der Waals surface area contributed by atoms with Crippen LogP contribution in [0.15, 0.2) is 89.0 Å². The molecule has 1 amide bonds. The molecule has 0 aliphatic heterocycles. The molecule has 2 aromatic carbocycles. The summed E-state index contributed by atoms with van der Waals surface area (Å²) in [7, 11) is 0. The van der Waals surface area contributed by atoms with Gasteiger partial charge in [-0.2, -0.15) is 9.78 Å². The summed E-state index contributed by atoms with van der Waals surface area (Å²) in [5.41, 5.74) is 5.60. The molecule has 8 nitrogen and oxygen atoms in total. The summed E-state index contributed by atoms with van der Waals surface area (Å²) in [4.78, 5) is 34.4. The molecule has 0 radical (unpaired) electrons. The lowest BCUT2D eigenvalue weighted by Crippen LogP contribution is -2.23. The summed E-state index contributed by atoms with van der Waals surface area (Å²) in [5.74, 6) is -0.389. The molecule has 0 aliphatic carbocycles. The average molecular weight is 455 g/mol. The Balaban J connectivity index is 1.59. The number of thiazole rings is 1. The van der Waals surface area contributed by atoms with E-state index in [9.17, 15) is 9.59 Å². The van der Waals surface area contributed by atoms with E-state index in [0.717, 1.165) is 15.8 Å². The molecule has 5 aromatic rings. The Hall–Kier alpha value is -4.37. The summed E-state index contributed by atoms with van der Waals surface area (Å²) in [6, 6.07) is 20.4. The number of carbonyl (C=O) groups is 1. The van der Waals surface area contributed by atoms with E-state index in [-0.39, 0.29) is 11.5 Å². The van der Waals surface area contributed by atoms with Gasteiger partial charge in [0.05, 0.1) is 27.2 Å². The Bertz CT molecular complexity index is 1500. The second kappa shape index (κ2) is 8.64. The van der Waals surface area contributed by atoms with Gasteiger partial charge in [0.1, 0.15) is 0 Å². The molecule has 0 spiro atoms. The van der Waals surface area contributed by atoms with Crippen molar-refractivity contribution in [1.29, 1.82) is 0 Å². The fourth-order valence-electron chi connectivity index (χ4n) is 3.44. The first-order chi connectivity index (χ1) is 16.1. The number of fused-ring (bicyclic) bond motifs is 1. The Morgan fingerprint density at radius 1 is 1.03 bits per heavy atom. The van der Waals surface area contributed by atoms with Gasteiger partial charge in [-0.25, -0.2) is 10.4 Å². The van der Waals surface area contributed by atoms with Crippen molar-refractivity contribution in [3.8, 4) is 16.4 Å². The first kappa shape index (κ1) is 20.5. The van der Waals surface area contributed by atoms with Crippen LogP contribution < -0.4 is 11.0 Å². The number of aromatic amines is 1. The fourth-order valence-corrected chi connectivity index (χ4v) is 4.36. The monoisotopic (exact) mass is 454 g/mol. The van der Waals surface area contributed by atoms with Gasteiger partial charge in [0.2, 0.25) is 5.13 Å². The third kappa shape index (κ3) is 3.97. The highest BCUT2D eigenvalue weighted by atomic mass is 32.1. The molecule has 0 saturated heterocycles. The minimum Gasteiger partial charge on any atom is -0.288 e. The molecule has 162 valence electrons. The topological polar surface area (TPSA) is 105 Å². The van der Waals surface area contributed by atoms with Crippen molar-refractivity contribution in [2.24, 2.45) is 5.10 Å². The lowest BCUT2D eigenvalue weighted by Gasteiger charge is -2.04. The molecule has 0 saturated carbocycles. The van der Waals surface area contributed by atoms with E-state index in [0.29, 0.717) is 27.7 Å². The van der Waals surface area contributed by atoms with Crippen molar-refractivity contribution in [3.63, 3.8) is 0 Å². The molecule has 0 atom stereocenters. The van der Waals surface area contributed by atoms with Gasteiger partial charge in [-0.1, -0.05) is 53.8 Å². The molecular weight excluding hydrogens is 436 g/mol. The van der Waals surface area contributed by atoms with E-state index < -0.39 is 0 Å². The van der Waals surface area contributed by atoms with E-state index >= 15 is 0 Å². The maximum Gasteiger partial charge on any atom is 0.283 e. The molecule has 0 unspecified atom stereocenters. The van der Waals surface area contributed by atoms with Crippen molar-refractivity contribution in [2.75, 3.05) is 0 Å². The maximum absolute atomic E-state index is 13.5. The van der Waals surface area contributed by atoms with Crippen LogP contribution in [0.25, 0.3) is 26.6 Å². The van der Waals surface area contributed by atoms with Gasteiger partial charge in [-0.05, 0) is 31.2 Å². The molecule has 3 aromatic heterocycles. The molecule has 3 heterocycles. The van der Waals surface area contributed by atoms with Gasteiger partial charge in [0, 0.05) is 23.5 Å². The number of nitrogens with zero attached hydrogens (tertiary/aromatic N) is 4. The lowest BCUT2D eigenvalue weighted by molar-refractivity contribution is 0.0954. The molecule has 0 bridgehead atoms. The standard InChI is InChI=1S/C24H18N6O2S/c1-15(27-28-22(31)17-11-13-25-14-12-17)20-21(16-7-3-2-4-8-16)29-30(23(20)32)24-26-18-9-5-6-10-19(18)33-24/h2-14,29H,1H3,(H,28,31)/b27-15+. The van der Waals surface area contributed by atoms with Crippen molar-refractivity contribution in [1.82, 2.24) is 25.2 Å². The zero-order valence-corrected chi connectivity index (χ0v) is 18.3. The number of aromatic nitrogens is 4. The van der Waals surface area contributed by atoms with E-state index in [1.165, 1.54) is 28.4 Å². The minimum atomic E-state index is -0.389. The number of benzene rings is 2. The molecule has 2 N–H and O–H groups in total. The summed E-state index contributed by atoms with van der Waals surface area (Å²) in [5, 5.41) is 7.93. The lowest BCUT2D eigenvalue weighted by atomic mass is 10.1. The van der Waals surface area contributed by atoms with Crippen LogP contribution in [0.1, 0.15) is 22.8 Å². The van der Waals surface area contributed by atoms with E-state index in [2.05, 4.69) is 25.6 Å². The highest BCUT2D eigenvalue weighted by Crippen LogP contribution is 2.26. The Morgan fingerprint density at radius 2 is 1.76 bits per heavy atom. The Labute approximate surface area is 192 Å². The molecular formula is C24H18N6O2S. The summed E-state index contributed by atoms with van der Waals surface area (Å²) in [6.45, 7) is 1.69. The highest BCUT2D eigenvalue weighted by Gasteiger charge is 2.21. The summed E-state index contributed by atoms with van der Waals surface area (Å²) >= 11 is 1.41. The van der Waals surface area contributed by atoms with Crippen LogP contribution >= 0.6 is 11.3 Å². The van der Waals surface area contributed by atoms with Crippen molar-refractivity contribution in [3.05, 3.63) is 101 Å². The number of carbonyl (C=O) groups excluding carboxylic acids is 1. The smallest absolute Gasteiger partial charge is 0.283 e. The maximum atomic E-state index is 13.5. The number of para-hydroxylation sites is 1. The third-order valence-corrected chi connectivity index (χ3v) is 6.08. The van der Waals surface area contributed by atoms with E-state index in [1.54, 1.807) is 19.1 Å². The molecule has 9 heteroatoms. The summed E-state index contributed by atoms with van der Waals surface area (Å²) in [6.07, 6.45) is 3.06. The second-order valence-corrected chi connectivity index (χ2v) is 8.22. The van der Waals surface area contributed by atoms with Crippen molar-refractivity contribution < 1.29 is 4.79 Å². The average Bonchev–Trinajstić information content (AvgIpc) is 3.44. The Kier molecular flexibility index (Phi) is 5.37. The number of hydrazone groups is 1. The van der Waals surface area contributed by atoms with Gasteiger partial charge in [0.15, 0.2) is 0 Å². The van der Waals surface area contributed by atoms with Crippen LogP contribution in [0.5, 0.6) is 0 Å². The first-order valence-corrected chi connectivity index (χ1v) is 10.9. The van der Waals surface area contributed by atoms with Gasteiger partial charge >= 0.3 is 0 Å². The summed E-state index contributed by atoms with van der Waals surface area (Å²) < 4.78 is 2.40. The van der Waals surface area contributed by atoms with Crippen LogP contribution in [-0.2, 0) is 0 Å². The fraction of sp³-hybridized carbons (Fsp3) is 0.0417. The van der Waals surface area contributed by atoms with E-state index in [4.69, 9.17) is 0 Å². The van der Waals surface area contributed by atoms with Crippen LogP contribution in [0.2, 0.25) is 0 Å². The van der Waals surface area contributed by atoms with Crippen LogP contribution in [0, 0.1) is 0 Å². The number of amides is 1. The zero-order valence-electron chi connectivity index (χ0n) is 17.5. The number of hydrogen-bond acceptors (Lipinski definition) is 6. The van der Waals surface area contributed by atoms with E-state index in [1.807, 2.05) is 54.6 Å². The number of nitrogens with one attached hydrogen (secondary N) is 2. The predicted octanol–water partition coefficient (Wildman–Crippen LogP) is 3.99. The van der Waals surface area contributed by atoms with Crippen LogP contribution in [0.4, 0.5) is 0 Å². The second-order valence-electron chi connectivity index (χ2n) is 7.21. The number of rotatable bonds is 5. The van der Waals surface area contributed by atoms with Crippen LogP contribution in [-0.4, -0.2) is 31.4 Å². The number of H-pyrrole nitrogens is 1. The SMILES string of the molecule is C/C(=N\NC(=O)c1ccncc1)c1c(-c2ccccc2)[nH]n(-c2nc3ccccc3s2)c1=O. The molecule has 5 rings (SSSR count). The molecule has 33 heavy (non-hydrogen) atoms. The first-order valence-electron chi connectivity index (χ1n) is 10.1. The number of pyridine rings is 1. The minimum absolute atomic E-state index is 0.299. The zero-order chi connectivity index (χ0) is 22.8. The number of hydrogen-bond donors (Lipinski definition) is 2. The van der Waals surface area contributed by atoms with Gasteiger partial charge < -0.3 is 0 Å². The molecule has 0 fully saturated rings. The normalized spacial score (nSPS) is 11.6. The molecule has 0 aliphatic rings. The quantitative estimate of drug-likeness (QED) is 0.309. The predicted molar refractivity (Wildman–Crippen MR) is 129 cm³/mol. The van der Waals surface area contributed by atoms with Crippen LogP contribution in [0.3, 0.4) is 0 Å². The highest BCUT2D eigenvalue weighted by molar-refractivity contribution is 7.20. The third-order valence-electron chi connectivity index (χ3n) is 5.06. The largest absolute Gasteiger partial charge is 0.288 e. The van der Waals surface area contributed by atoms with Gasteiger partial charge in [-0.15, -0.1) is 0 Å². The Morgan fingerprint density at radius 3 is 2.52 bits per heavy atom. The van der Waals surface area contributed by atoms with Crippen molar-refractivity contribution in [2.45, 2.75) is 6.92 Å². The van der Waals surface area contributed by atoms with Gasteiger partial charge in [-0.3, -0.25) is 19.7 Å². The van der Waals surface area contributed by atoms with Crippen molar-refractivity contribution >= 4 is 33.2 Å².